The van der Waals surface area contributed by atoms with E-state index in [2.05, 4.69) is 26.6 Å². The Hall–Kier alpha value is -2.08. The molecular weight excluding hydrogens is 411 g/mol. The molecule has 0 spiro atoms. The second kappa shape index (κ2) is 8.52. The van der Waals surface area contributed by atoms with Crippen LogP contribution in [0.2, 0.25) is 10.0 Å². The number of halogens is 2. The lowest BCUT2D eigenvalue weighted by molar-refractivity contribution is 0.468. The van der Waals surface area contributed by atoms with E-state index in [0.717, 1.165) is 42.5 Å². The van der Waals surface area contributed by atoms with Crippen LogP contribution < -0.4 is 15.5 Å². The summed E-state index contributed by atoms with van der Waals surface area (Å²) in [5, 5.41) is 9.71. The molecule has 2 aromatic carbocycles. The largest absolute Gasteiger partial charge is 0.371 e. The van der Waals surface area contributed by atoms with Crippen LogP contribution in [0, 0.1) is 0 Å². The maximum Gasteiger partial charge on any atom is 0.171 e. The van der Waals surface area contributed by atoms with Gasteiger partial charge in [0, 0.05) is 41.4 Å². The van der Waals surface area contributed by atoms with Gasteiger partial charge in [0.2, 0.25) is 0 Å². The molecule has 2 N–H and O–H groups in total. The second-order valence-corrected chi connectivity index (χ2v) is 8.08. The van der Waals surface area contributed by atoms with Crippen LogP contribution in [-0.2, 0) is 0 Å². The second-order valence-electron chi connectivity index (χ2n) is 6.83. The van der Waals surface area contributed by atoms with Gasteiger partial charge in [0.25, 0.3) is 0 Å². The quantitative estimate of drug-likeness (QED) is 0.536. The molecule has 4 nitrogen and oxygen atoms in total. The van der Waals surface area contributed by atoms with E-state index < -0.39 is 0 Å². The predicted octanol–water partition coefficient (Wildman–Crippen LogP) is 5.50. The van der Waals surface area contributed by atoms with Crippen LogP contribution >= 0.6 is 35.4 Å². The Labute approximate surface area is 179 Å². The fraction of sp³-hybridized carbons (Fsp3) is 0.238. The van der Waals surface area contributed by atoms with Gasteiger partial charge in [-0.2, -0.15) is 0 Å². The van der Waals surface area contributed by atoms with Crippen molar-refractivity contribution in [1.29, 1.82) is 0 Å². The number of thiocarbonyl (C=S) groups is 1. The van der Waals surface area contributed by atoms with Crippen molar-refractivity contribution in [2.24, 2.45) is 0 Å². The monoisotopic (exact) mass is 430 g/mol. The van der Waals surface area contributed by atoms with Crippen LogP contribution in [0.15, 0.2) is 54.7 Å². The fourth-order valence-electron chi connectivity index (χ4n) is 3.55. The van der Waals surface area contributed by atoms with E-state index >= 15 is 0 Å². The molecule has 4 rings (SSSR count). The van der Waals surface area contributed by atoms with E-state index in [0.29, 0.717) is 21.2 Å². The molecule has 0 saturated carbocycles. The number of rotatable bonds is 3. The minimum absolute atomic E-state index is 0.335. The average molecular weight is 431 g/mol. The number of piperidine rings is 1. The van der Waals surface area contributed by atoms with Gasteiger partial charge >= 0.3 is 0 Å². The Morgan fingerprint density at radius 2 is 1.86 bits per heavy atom. The highest BCUT2D eigenvalue weighted by atomic mass is 35.5. The van der Waals surface area contributed by atoms with Gasteiger partial charge < -0.3 is 15.5 Å². The number of nitrogens with one attached hydrogen (secondary N) is 2. The third kappa shape index (κ3) is 4.32. The summed E-state index contributed by atoms with van der Waals surface area (Å²) in [5.74, 6) is 0. The van der Waals surface area contributed by atoms with Gasteiger partial charge in [-0.25, -0.2) is 0 Å². The van der Waals surface area contributed by atoms with E-state index in [1.165, 1.54) is 5.69 Å². The van der Waals surface area contributed by atoms with E-state index in [-0.39, 0.29) is 0 Å². The minimum Gasteiger partial charge on any atom is -0.371 e. The number of para-hydroxylation sites is 1. The first-order valence-corrected chi connectivity index (χ1v) is 10.4. The highest BCUT2D eigenvalue weighted by Crippen LogP contribution is 2.29. The molecular formula is C21H20Cl2N4S. The molecule has 0 aliphatic carbocycles. The maximum absolute atomic E-state index is 6.19. The van der Waals surface area contributed by atoms with E-state index in [1.54, 1.807) is 0 Å². The molecule has 2 heterocycles. The number of nitrogens with zero attached hydrogens (tertiary/aromatic N) is 2. The van der Waals surface area contributed by atoms with E-state index in [1.807, 2.05) is 48.7 Å². The lowest BCUT2D eigenvalue weighted by Gasteiger charge is -2.35. The van der Waals surface area contributed by atoms with Crippen LogP contribution in [0.5, 0.6) is 0 Å². The van der Waals surface area contributed by atoms with Crippen LogP contribution in [0.1, 0.15) is 12.8 Å². The predicted molar refractivity (Wildman–Crippen MR) is 123 cm³/mol. The zero-order valence-electron chi connectivity index (χ0n) is 15.2. The lowest BCUT2D eigenvalue weighted by atomic mass is 10.0. The summed E-state index contributed by atoms with van der Waals surface area (Å²) in [4.78, 5) is 6.84. The zero-order valence-corrected chi connectivity index (χ0v) is 17.5. The fourth-order valence-corrected chi connectivity index (χ4v) is 4.18. The molecule has 1 aliphatic heterocycles. The Kier molecular flexibility index (Phi) is 5.85. The van der Waals surface area contributed by atoms with Crippen molar-refractivity contribution in [3.8, 4) is 0 Å². The molecule has 1 aromatic heterocycles. The smallest absolute Gasteiger partial charge is 0.171 e. The third-order valence-electron chi connectivity index (χ3n) is 4.97. The number of benzene rings is 2. The summed E-state index contributed by atoms with van der Waals surface area (Å²) in [7, 11) is 0. The van der Waals surface area contributed by atoms with E-state index in [9.17, 15) is 0 Å². The summed E-state index contributed by atoms with van der Waals surface area (Å²) in [5.41, 5.74) is 2.95. The number of hydrogen-bond acceptors (Lipinski definition) is 3. The molecule has 0 unspecified atom stereocenters. The van der Waals surface area contributed by atoms with Gasteiger partial charge in [-0.05, 0) is 61.5 Å². The highest BCUT2D eigenvalue weighted by Gasteiger charge is 2.21. The SMILES string of the molecule is S=C(Nc1ccccc1Cl)NC1CCN(c2ccnc3cc(Cl)ccc23)CC1. The van der Waals surface area contributed by atoms with Crippen molar-refractivity contribution >= 4 is 62.8 Å². The summed E-state index contributed by atoms with van der Waals surface area (Å²) < 4.78 is 0. The van der Waals surface area contributed by atoms with Crippen LogP contribution in [-0.4, -0.2) is 29.2 Å². The first-order valence-electron chi connectivity index (χ1n) is 9.21. The molecule has 0 atom stereocenters. The average Bonchev–Trinajstić information content (AvgIpc) is 2.70. The molecule has 0 radical (unpaired) electrons. The summed E-state index contributed by atoms with van der Waals surface area (Å²) in [6, 6.07) is 15.9. The van der Waals surface area contributed by atoms with Crippen LogP contribution in [0.4, 0.5) is 11.4 Å². The summed E-state index contributed by atoms with van der Waals surface area (Å²) in [6.45, 7) is 1.90. The van der Waals surface area contributed by atoms with Gasteiger partial charge in [0.15, 0.2) is 5.11 Å². The van der Waals surface area contributed by atoms with Gasteiger partial charge in [0.1, 0.15) is 0 Å². The third-order valence-corrected chi connectivity index (χ3v) is 5.76. The molecule has 0 amide bonds. The first-order chi connectivity index (χ1) is 13.6. The highest BCUT2D eigenvalue weighted by molar-refractivity contribution is 7.80. The summed E-state index contributed by atoms with van der Waals surface area (Å²) >= 11 is 17.7. The lowest BCUT2D eigenvalue weighted by Crippen LogP contribution is -2.46. The van der Waals surface area contributed by atoms with Crippen molar-refractivity contribution in [2.45, 2.75) is 18.9 Å². The number of fused-ring (bicyclic) bond motifs is 1. The van der Waals surface area contributed by atoms with Crippen molar-refractivity contribution in [3.05, 3.63) is 64.8 Å². The zero-order chi connectivity index (χ0) is 19.5. The van der Waals surface area contributed by atoms with Gasteiger partial charge in [0.05, 0.1) is 16.2 Å². The van der Waals surface area contributed by atoms with E-state index in [4.69, 9.17) is 35.4 Å². The summed E-state index contributed by atoms with van der Waals surface area (Å²) in [6.07, 6.45) is 3.85. The number of aromatic nitrogens is 1. The minimum atomic E-state index is 0.335. The number of pyridine rings is 1. The Balaban J connectivity index is 1.37. The number of anilines is 2. The molecule has 7 heteroatoms. The Morgan fingerprint density at radius 3 is 2.64 bits per heavy atom. The van der Waals surface area contributed by atoms with Gasteiger partial charge in [-0.3, -0.25) is 4.98 Å². The van der Waals surface area contributed by atoms with Crippen molar-refractivity contribution < 1.29 is 0 Å². The topological polar surface area (TPSA) is 40.2 Å². The normalized spacial score (nSPS) is 14.9. The molecule has 1 saturated heterocycles. The maximum atomic E-state index is 6.19. The molecule has 1 aliphatic rings. The molecule has 144 valence electrons. The van der Waals surface area contributed by atoms with Crippen LogP contribution in [0.3, 0.4) is 0 Å². The number of hydrogen-bond donors (Lipinski definition) is 2. The standard InChI is InChI=1S/C21H20Cl2N4S/c22-14-5-6-16-19(13-14)24-10-7-20(16)27-11-8-15(9-12-27)25-21(28)26-18-4-2-1-3-17(18)23/h1-7,10,13,15H,8-9,11-12H2,(H2,25,26,28). The van der Waals surface area contributed by atoms with Crippen LogP contribution in [0.25, 0.3) is 10.9 Å². The first kappa shape index (κ1) is 19.2. The molecule has 3 aromatic rings. The van der Waals surface area contributed by atoms with Crippen molar-refractivity contribution in [2.75, 3.05) is 23.3 Å². The van der Waals surface area contributed by atoms with Crippen molar-refractivity contribution in [1.82, 2.24) is 10.3 Å². The molecule has 0 bridgehead atoms. The van der Waals surface area contributed by atoms with Gasteiger partial charge in [-0.15, -0.1) is 0 Å². The Morgan fingerprint density at radius 1 is 1.07 bits per heavy atom. The Bertz CT molecular complexity index is 1000. The van der Waals surface area contributed by atoms with Gasteiger partial charge in [-0.1, -0.05) is 35.3 Å². The molecule has 1 fully saturated rings. The molecule has 28 heavy (non-hydrogen) atoms. The van der Waals surface area contributed by atoms with Crippen molar-refractivity contribution in [3.63, 3.8) is 0 Å².